The molecule has 0 radical (unpaired) electrons. The highest BCUT2D eigenvalue weighted by Gasteiger charge is 2.24. The molecule has 1 saturated heterocycles. The summed E-state index contributed by atoms with van der Waals surface area (Å²) in [7, 11) is 0. The molecule has 1 aromatic heterocycles. The molecule has 0 N–H and O–H groups in total. The number of carbonyl (C=O) groups is 1. The Morgan fingerprint density at radius 3 is 2.95 bits per heavy atom. The average molecular weight is 271 g/mol. The maximum absolute atomic E-state index is 12.5. The van der Waals surface area contributed by atoms with E-state index in [9.17, 15) is 4.79 Å². The molecular formula is C16H21N3O. The number of rotatable bonds is 2. The zero-order valence-electron chi connectivity index (χ0n) is 12.2. The molecule has 4 nitrogen and oxygen atoms in total. The van der Waals surface area contributed by atoms with E-state index in [1.807, 2.05) is 40.7 Å². The molecule has 106 valence electrons. The summed E-state index contributed by atoms with van der Waals surface area (Å²) in [5.41, 5.74) is 2.01. The molecule has 1 aromatic carbocycles. The van der Waals surface area contributed by atoms with Gasteiger partial charge in [-0.25, -0.2) is 4.98 Å². The average Bonchev–Trinajstić information content (AvgIpc) is 2.76. The first kappa shape index (κ1) is 13.2. The van der Waals surface area contributed by atoms with E-state index in [1.54, 1.807) is 0 Å². The molecule has 3 rings (SSSR count). The van der Waals surface area contributed by atoms with Crippen LogP contribution in [0.25, 0.3) is 11.0 Å². The van der Waals surface area contributed by atoms with Gasteiger partial charge in [0, 0.05) is 12.6 Å². The molecule has 0 saturated carbocycles. The second kappa shape index (κ2) is 5.27. The number of fused-ring (bicyclic) bond motifs is 1. The molecule has 1 atom stereocenters. The van der Waals surface area contributed by atoms with Crippen molar-refractivity contribution in [1.82, 2.24) is 14.5 Å². The van der Waals surface area contributed by atoms with Gasteiger partial charge in [0.15, 0.2) is 0 Å². The lowest BCUT2D eigenvalue weighted by Crippen LogP contribution is -2.43. The van der Waals surface area contributed by atoms with Gasteiger partial charge in [-0.3, -0.25) is 4.79 Å². The molecule has 0 spiro atoms. The Balaban J connectivity index is 1.85. The van der Waals surface area contributed by atoms with E-state index >= 15 is 0 Å². The highest BCUT2D eigenvalue weighted by atomic mass is 16.2. The molecule has 4 heteroatoms. The van der Waals surface area contributed by atoms with Crippen molar-refractivity contribution in [3.8, 4) is 0 Å². The van der Waals surface area contributed by atoms with Gasteiger partial charge in [0.1, 0.15) is 12.4 Å². The smallest absolute Gasteiger partial charge is 0.242 e. The quantitative estimate of drug-likeness (QED) is 0.842. The Kier molecular flexibility index (Phi) is 3.47. The third-order valence-electron chi connectivity index (χ3n) is 4.26. The summed E-state index contributed by atoms with van der Waals surface area (Å²) in [5.74, 6) is 1.12. The van der Waals surface area contributed by atoms with Gasteiger partial charge in [-0.05, 0) is 45.2 Å². The largest absolute Gasteiger partial charge is 0.338 e. The second-order valence-corrected chi connectivity index (χ2v) is 5.67. The fourth-order valence-corrected chi connectivity index (χ4v) is 3.09. The molecule has 1 amide bonds. The van der Waals surface area contributed by atoms with Crippen LogP contribution in [-0.4, -0.2) is 32.9 Å². The number of hydrogen-bond donors (Lipinski definition) is 0. The monoisotopic (exact) mass is 271 g/mol. The zero-order valence-corrected chi connectivity index (χ0v) is 12.2. The van der Waals surface area contributed by atoms with Gasteiger partial charge in [-0.15, -0.1) is 0 Å². The molecule has 1 aliphatic rings. The van der Waals surface area contributed by atoms with Gasteiger partial charge >= 0.3 is 0 Å². The Labute approximate surface area is 119 Å². The lowest BCUT2D eigenvalue weighted by Gasteiger charge is -2.33. The van der Waals surface area contributed by atoms with E-state index in [4.69, 9.17) is 0 Å². The Morgan fingerprint density at radius 1 is 1.35 bits per heavy atom. The number of likely N-dealkylation sites (tertiary alicyclic amines) is 1. The topological polar surface area (TPSA) is 38.1 Å². The van der Waals surface area contributed by atoms with Crippen molar-refractivity contribution in [2.24, 2.45) is 0 Å². The van der Waals surface area contributed by atoms with Crippen LogP contribution in [0.15, 0.2) is 24.3 Å². The van der Waals surface area contributed by atoms with Crippen molar-refractivity contribution in [3.05, 3.63) is 30.1 Å². The number of hydrogen-bond acceptors (Lipinski definition) is 2. The summed E-state index contributed by atoms with van der Waals surface area (Å²) in [6, 6.07) is 8.36. The highest BCUT2D eigenvalue weighted by molar-refractivity contribution is 5.81. The fourth-order valence-electron chi connectivity index (χ4n) is 3.09. The summed E-state index contributed by atoms with van der Waals surface area (Å²) >= 11 is 0. The lowest BCUT2D eigenvalue weighted by atomic mass is 10.0. The number of nitrogens with zero attached hydrogens (tertiary/aromatic N) is 3. The number of benzene rings is 1. The van der Waals surface area contributed by atoms with Crippen molar-refractivity contribution in [1.29, 1.82) is 0 Å². The van der Waals surface area contributed by atoms with Crippen LogP contribution in [0.2, 0.25) is 0 Å². The molecule has 0 unspecified atom stereocenters. The highest BCUT2D eigenvalue weighted by Crippen LogP contribution is 2.19. The SMILES string of the molecule is Cc1nc2ccccc2n1CC(=O)N1CCCC[C@H]1C. The van der Waals surface area contributed by atoms with E-state index in [2.05, 4.69) is 11.9 Å². The Morgan fingerprint density at radius 2 is 2.15 bits per heavy atom. The normalized spacial score (nSPS) is 19.5. The Bertz CT molecular complexity index is 632. The third kappa shape index (κ3) is 2.30. The zero-order chi connectivity index (χ0) is 14.1. The van der Waals surface area contributed by atoms with E-state index < -0.39 is 0 Å². The van der Waals surface area contributed by atoms with Crippen LogP contribution in [0, 0.1) is 6.92 Å². The summed E-state index contributed by atoms with van der Waals surface area (Å²) in [5, 5.41) is 0. The number of aromatic nitrogens is 2. The van der Waals surface area contributed by atoms with Crippen molar-refractivity contribution in [2.45, 2.75) is 45.7 Å². The molecule has 2 aromatic rings. The first-order valence-electron chi connectivity index (χ1n) is 7.38. The number of para-hydroxylation sites is 2. The molecule has 20 heavy (non-hydrogen) atoms. The van der Waals surface area contributed by atoms with Crippen molar-refractivity contribution in [3.63, 3.8) is 0 Å². The molecule has 1 fully saturated rings. The number of carbonyl (C=O) groups excluding carboxylic acids is 1. The number of imidazole rings is 1. The van der Waals surface area contributed by atoms with Gasteiger partial charge in [-0.2, -0.15) is 0 Å². The maximum atomic E-state index is 12.5. The Hall–Kier alpha value is -1.84. The summed E-state index contributed by atoms with van der Waals surface area (Å²) < 4.78 is 2.03. The number of amides is 1. The molecule has 2 heterocycles. The first-order chi connectivity index (χ1) is 9.66. The minimum Gasteiger partial charge on any atom is -0.338 e. The maximum Gasteiger partial charge on any atom is 0.242 e. The van der Waals surface area contributed by atoms with Gasteiger partial charge in [-0.1, -0.05) is 12.1 Å². The van der Waals surface area contributed by atoms with Gasteiger partial charge in [0.2, 0.25) is 5.91 Å². The second-order valence-electron chi connectivity index (χ2n) is 5.67. The first-order valence-corrected chi connectivity index (χ1v) is 7.38. The predicted molar refractivity (Wildman–Crippen MR) is 79.5 cm³/mol. The molecule has 0 aliphatic carbocycles. The lowest BCUT2D eigenvalue weighted by molar-refractivity contribution is -0.135. The summed E-state index contributed by atoms with van der Waals surface area (Å²) in [6.45, 7) is 5.41. The van der Waals surface area contributed by atoms with Gasteiger partial charge < -0.3 is 9.47 Å². The van der Waals surface area contributed by atoms with E-state index in [0.29, 0.717) is 12.6 Å². The minimum absolute atomic E-state index is 0.212. The summed E-state index contributed by atoms with van der Waals surface area (Å²) in [4.78, 5) is 19.1. The number of piperidine rings is 1. The van der Waals surface area contributed by atoms with Crippen molar-refractivity contribution < 1.29 is 4.79 Å². The number of aryl methyl sites for hydroxylation is 1. The molecule has 1 aliphatic heterocycles. The minimum atomic E-state index is 0.212. The van der Waals surface area contributed by atoms with E-state index in [0.717, 1.165) is 36.2 Å². The fraction of sp³-hybridized carbons (Fsp3) is 0.500. The van der Waals surface area contributed by atoms with Crippen LogP contribution in [-0.2, 0) is 11.3 Å². The summed E-state index contributed by atoms with van der Waals surface area (Å²) in [6.07, 6.45) is 3.48. The molecular weight excluding hydrogens is 250 g/mol. The third-order valence-corrected chi connectivity index (χ3v) is 4.26. The van der Waals surface area contributed by atoms with Gasteiger partial charge in [0.25, 0.3) is 0 Å². The van der Waals surface area contributed by atoms with Crippen LogP contribution in [0.4, 0.5) is 0 Å². The predicted octanol–water partition coefficient (Wildman–Crippen LogP) is 2.75. The van der Waals surface area contributed by atoms with Crippen LogP contribution in [0.5, 0.6) is 0 Å². The standard InChI is InChI=1S/C16H21N3O/c1-12-7-5-6-10-18(12)16(20)11-19-13(2)17-14-8-3-4-9-15(14)19/h3-4,8-9,12H,5-7,10-11H2,1-2H3/t12-/m1/s1. The van der Waals surface area contributed by atoms with Crippen LogP contribution in [0.1, 0.15) is 32.0 Å². The van der Waals surface area contributed by atoms with Gasteiger partial charge in [0.05, 0.1) is 11.0 Å². The van der Waals surface area contributed by atoms with Crippen molar-refractivity contribution in [2.75, 3.05) is 6.54 Å². The van der Waals surface area contributed by atoms with Crippen LogP contribution >= 0.6 is 0 Å². The van der Waals surface area contributed by atoms with E-state index in [1.165, 1.54) is 6.42 Å². The molecule has 0 bridgehead atoms. The van der Waals surface area contributed by atoms with E-state index in [-0.39, 0.29) is 5.91 Å². The van der Waals surface area contributed by atoms with Crippen LogP contribution < -0.4 is 0 Å². The van der Waals surface area contributed by atoms with Crippen LogP contribution in [0.3, 0.4) is 0 Å². The van der Waals surface area contributed by atoms with Crippen molar-refractivity contribution >= 4 is 16.9 Å².